The summed E-state index contributed by atoms with van der Waals surface area (Å²) in [5.41, 5.74) is 8.73. The third kappa shape index (κ3) is 4.05. The number of rotatable bonds is 6. The van der Waals surface area contributed by atoms with Crippen LogP contribution in [0.25, 0.3) is 0 Å². The summed E-state index contributed by atoms with van der Waals surface area (Å²) >= 11 is 0. The van der Waals surface area contributed by atoms with E-state index in [-0.39, 0.29) is 11.9 Å². The van der Waals surface area contributed by atoms with E-state index in [0.717, 1.165) is 12.1 Å². The number of hydrogen-bond acceptors (Lipinski definition) is 2. The van der Waals surface area contributed by atoms with Gasteiger partial charge >= 0.3 is 0 Å². The van der Waals surface area contributed by atoms with Crippen LogP contribution >= 0.6 is 0 Å². The second-order valence-corrected chi connectivity index (χ2v) is 5.43. The molecule has 0 aliphatic rings. The Morgan fingerprint density at radius 3 is 2.43 bits per heavy atom. The minimum absolute atomic E-state index is 0.0148. The van der Waals surface area contributed by atoms with Gasteiger partial charge in [-0.3, -0.25) is 0 Å². The van der Waals surface area contributed by atoms with Crippen molar-refractivity contribution in [2.45, 2.75) is 32.9 Å². The molecule has 2 aromatic carbocycles. The van der Waals surface area contributed by atoms with Crippen molar-refractivity contribution in [1.29, 1.82) is 0 Å². The molecule has 2 aromatic rings. The largest absolute Gasteiger partial charge is 0.365 e. The van der Waals surface area contributed by atoms with E-state index in [9.17, 15) is 4.39 Å². The summed E-state index contributed by atoms with van der Waals surface area (Å²) in [7, 11) is 0. The zero-order valence-corrected chi connectivity index (χ0v) is 12.7. The van der Waals surface area contributed by atoms with Gasteiger partial charge in [0.1, 0.15) is 5.82 Å². The Bertz CT molecular complexity index is 567. The lowest BCUT2D eigenvalue weighted by Gasteiger charge is -2.27. The predicted molar refractivity (Wildman–Crippen MR) is 86.9 cm³/mol. The molecule has 0 fully saturated rings. The fraction of sp³-hybridized carbons (Fsp3) is 0.333. The molecule has 1 atom stereocenters. The highest BCUT2D eigenvalue weighted by Gasteiger charge is 2.16. The Kier molecular flexibility index (Phi) is 5.34. The average molecular weight is 286 g/mol. The van der Waals surface area contributed by atoms with E-state index in [0.29, 0.717) is 18.7 Å². The smallest absolute Gasteiger partial charge is 0.146 e. The van der Waals surface area contributed by atoms with Crippen molar-refractivity contribution >= 4 is 5.69 Å². The van der Waals surface area contributed by atoms with Crippen LogP contribution in [0.2, 0.25) is 0 Å². The van der Waals surface area contributed by atoms with Crippen LogP contribution in [0.5, 0.6) is 0 Å². The van der Waals surface area contributed by atoms with Gasteiger partial charge in [-0.05, 0) is 37.5 Å². The number of benzene rings is 2. The van der Waals surface area contributed by atoms with Crippen LogP contribution in [0.4, 0.5) is 10.1 Å². The standard InChI is InChI=1S/C18H23FN2/c1-3-21(13-15-8-5-4-6-9-15)18-16(12-14(2)20)10-7-11-17(18)19/h4-11,14H,3,12-13,20H2,1-2H3. The van der Waals surface area contributed by atoms with Gasteiger partial charge in [-0.15, -0.1) is 0 Å². The Hall–Kier alpha value is -1.87. The second-order valence-electron chi connectivity index (χ2n) is 5.43. The molecule has 2 nitrogen and oxygen atoms in total. The van der Waals surface area contributed by atoms with E-state index in [1.807, 2.05) is 38.1 Å². The number of hydrogen-bond donors (Lipinski definition) is 1. The van der Waals surface area contributed by atoms with E-state index in [1.54, 1.807) is 6.07 Å². The van der Waals surface area contributed by atoms with Gasteiger partial charge in [0.05, 0.1) is 5.69 Å². The highest BCUT2D eigenvalue weighted by Crippen LogP contribution is 2.27. The minimum Gasteiger partial charge on any atom is -0.365 e. The first-order valence-electron chi connectivity index (χ1n) is 7.43. The minimum atomic E-state index is -0.175. The molecular formula is C18H23FN2. The van der Waals surface area contributed by atoms with Crippen molar-refractivity contribution in [2.75, 3.05) is 11.4 Å². The monoisotopic (exact) mass is 286 g/mol. The quantitative estimate of drug-likeness (QED) is 0.876. The number of para-hydroxylation sites is 1. The third-order valence-corrected chi connectivity index (χ3v) is 3.53. The van der Waals surface area contributed by atoms with Crippen molar-refractivity contribution in [3.05, 3.63) is 65.5 Å². The van der Waals surface area contributed by atoms with Gasteiger partial charge in [0, 0.05) is 19.1 Å². The van der Waals surface area contributed by atoms with Crippen LogP contribution in [-0.2, 0) is 13.0 Å². The Balaban J connectivity index is 2.32. The Labute approximate surface area is 126 Å². The molecule has 0 saturated heterocycles. The molecular weight excluding hydrogens is 263 g/mol. The molecule has 112 valence electrons. The summed E-state index contributed by atoms with van der Waals surface area (Å²) in [6.45, 7) is 5.44. The fourth-order valence-corrected chi connectivity index (χ4v) is 2.58. The Morgan fingerprint density at radius 1 is 1.10 bits per heavy atom. The molecule has 0 aromatic heterocycles. The molecule has 0 radical (unpaired) electrons. The second kappa shape index (κ2) is 7.23. The number of halogens is 1. The summed E-state index contributed by atoms with van der Waals surface area (Å²) in [6, 6.07) is 15.4. The summed E-state index contributed by atoms with van der Waals surface area (Å²) in [4.78, 5) is 2.07. The average Bonchev–Trinajstić information content (AvgIpc) is 2.46. The number of nitrogens with zero attached hydrogens (tertiary/aromatic N) is 1. The lowest BCUT2D eigenvalue weighted by molar-refractivity contribution is 0.611. The third-order valence-electron chi connectivity index (χ3n) is 3.53. The molecule has 3 heteroatoms. The molecule has 2 rings (SSSR count). The maximum atomic E-state index is 14.4. The molecule has 0 amide bonds. The van der Waals surface area contributed by atoms with E-state index in [2.05, 4.69) is 17.0 Å². The van der Waals surface area contributed by atoms with E-state index in [1.165, 1.54) is 11.6 Å². The van der Waals surface area contributed by atoms with Gasteiger partial charge in [-0.25, -0.2) is 4.39 Å². The van der Waals surface area contributed by atoms with Crippen molar-refractivity contribution < 1.29 is 4.39 Å². The number of anilines is 1. The lowest BCUT2D eigenvalue weighted by atomic mass is 10.0. The number of nitrogens with two attached hydrogens (primary N) is 1. The lowest BCUT2D eigenvalue weighted by Crippen LogP contribution is -2.26. The van der Waals surface area contributed by atoms with Crippen LogP contribution in [0.1, 0.15) is 25.0 Å². The maximum absolute atomic E-state index is 14.4. The van der Waals surface area contributed by atoms with Crippen LogP contribution in [0.3, 0.4) is 0 Å². The molecule has 0 heterocycles. The van der Waals surface area contributed by atoms with Gasteiger partial charge in [0.25, 0.3) is 0 Å². The van der Waals surface area contributed by atoms with Gasteiger partial charge < -0.3 is 10.6 Å². The molecule has 0 spiro atoms. The van der Waals surface area contributed by atoms with Crippen LogP contribution in [-0.4, -0.2) is 12.6 Å². The molecule has 2 N–H and O–H groups in total. The molecule has 0 saturated carbocycles. The molecule has 0 aliphatic heterocycles. The SMILES string of the molecule is CCN(Cc1ccccc1)c1c(F)cccc1CC(C)N. The van der Waals surface area contributed by atoms with Gasteiger partial charge in [-0.1, -0.05) is 42.5 Å². The topological polar surface area (TPSA) is 29.3 Å². The predicted octanol–water partition coefficient (Wildman–Crippen LogP) is 3.74. The fourth-order valence-electron chi connectivity index (χ4n) is 2.58. The van der Waals surface area contributed by atoms with Crippen molar-refractivity contribution in [3.8, 4) is 0 Å². The zero-order chi connectivity index (χ0) is 15.2. The summed E-state index contributed by atoms with van der Waals surface area (Å²) in [5.74, 6) is -0.175. The van der Waals surface area contributed by atoms with E-state index in [4.69, 9.17) is 5.73 Å². The Morgan fingerprint density at radius 2 is 1.81 bits per heavy atom. The first-order chi connectivity index (χ1) is 10.1. The highest BCUT2D eigenvalue weighted by atomic mass is 19.1. The van der Waals surface area contributed by atoms with Gasteiger partial charge in [-0.2, -0.15) is 0 Å². The van der Waals surface area contributed by atoms with Crippen molar-refractivity contribution in [2.24, 2.45) is 5.73 Å². The summed E-state index contributed by atoms with van der Waals surface area (Å²) in [5, 5.41) is 0. The summed E-state index contributed by atoms with van der Waals surface area (Å²) in [6.07, 6.45) is 0.679. The molecule has 0 aliphatic carbocycles. The molecule has 1 unspecified atom stereocenters. The van der Waals surface area contributed by atoms with Crippen molar-refractivity contribution in [3.63, 3.8) is 0 Å². The van der Waals surface area contributed by atoms with E-state index < -0.39 is 0 Å². The van der Waals surface area contributed by atoms with Crippen LogP contribution in [0, 0.1) is 5.82 Å². The van der Waals surface area contributed by atoms with Crippen molar-refractivity contribution in [1.82, 2.24) is 0 Å². The van der Waals surface area contributed by atoms with Crippen LogP contribution < -0.4 is 10.6 Å². The molecule has 21 heavy (non-hydrogen) atoms. The maximum Gasteiger partial charge on any atom is 0.146 e. The summed E-state index contributed by atoms with van der Waals surface area (Å²) < 4.78 is 14.4. The van der Waals surface area contributed by atoms with Gasteiger partial charge in [0.15, 0.2) is 0 Å². The van der Waals surface area contributed by atoms with E-state index >= 15 is 0 Å². The van der Waals surface area contributed by atoms with Gasteiger partial charge in [0.2, 0.25) is 0 Å². The first-order valence-corrected chi connectivity index (χ1v) is 7.43. The molecule has 0 bridgehead atoms. The van der Waals surface area contributed by atoms with Crippen LogP contribution in [0.15, 0.2) is 48.5 Å². The zero-order valence-electron chi connectivity index (χ0n) is 12.7. The first kappa shape index (κ1) is 15.5. The highest BCUT2D eigenvalue weighted by molar-refractivity contribution is 5.55. The normalized spacial score (nSPS) is 12.2.